The predicted molar refractivity (Wildman–Crippen MR) is 264 cm³/mol. The second kappa shape index (κ2) is 51.5. The van der Waals surface area contributed by atoms with Gasteiger partial charge in [0.05, 0.1) is 25.4 Å². The Morgan fingerprint density at radius 1 is 0.393 bits per heavy atom. The molecular formula is C55H109NO5. The van der Waals surface area contributed by atoms with Crippen molar-refractivity contribution in [1.82, 2.24) is 5.32 Å². The van der Waals surface area contributed by atoms with Crippen LogP contribution in [-0.4, -0.2) is 47.4 Å². The van der Waals surface area contributed by atoms with Crippen molar-refractivity contribution < 1.29 is 24.5 Å². The molecule has 0 aromatic carbocycles. The van der Waals surface area contributed by atoms with E-state index >= 15 is 0 Å². The molecule has 0 spiro atoms. The molecule has 0 aliphatic carbocycles. The molecule has 61 heavy (non-hydrogen) atoms. The molecule has 3 N–H and O–H groups in total. The van der Waals surface area contributed by atoms with Gasteiger partial charge in [-0.3, -0.25) is 9.59 Å². The number of hydrogen-bond acceptors (Lipinski definition) is 5. The number of hydrogen-bond donors (Lipinski definition) is 3. The largest absolute Gasteiger partial charge is 0.466 e. The van der Waals surface area contributed by atoms with Crippen molar-refractivity contribution in [3.8, 4) is 0 Å². The van der Waals surface area contributed by atoms with Crippen LogP contribution >= 0.6 is 0 Å². The van der Waals surface area contributed by atoms with Crippen molar-refractivity contribution in [2.75, 3.05) is 13.2 Å². The molecule has 1 amide bonds. The number of carbonyl (C=O) groups is 2. The van der Waals surface area contributed by atoms with E-state index in [2.05, 4.69) is 19.2 Å². The molecule has 0 aliphatic rings. The number of aliphatic hydroxyl groups is 2. The Hall–Kier alpha value is -1.14. The molecule has 0 rings (SSSR count). The summed E-state index contributed by atoms with van der Waals surface area (Å²) >= 11 is 0. The van der Waals surface area contributed by atoms with Gasteiger partial charge >= 0.3 is 5.97 Å². The zero-order valence-electron chi connectivity index (χ0n) is 41.4. The van der Waals surface area contributed by atoms with Crippen LogP contribution in [0.3, 0.4) is 0 Å². The molecule has 0 aromatic rings. The molecule has 0 aromatic heterocycles. The third-order valence-electron chi connectivity index (χ3n) is 13.2. The SMILES string of the molecule is CCCCCCCCCCCCCCCCCCCCCC(=O)OCCCCCCCCCCCCCC(=O)NC(CO)C(O)CCCCCCCCCCCCCCCC. The Balaban J connectivity index is 3.42. The van der Waals surface area contributed by atoms with Crippen LogP contribution in [0, 0.1) is 0 Å². The van der Waals surface area contributed by atoms with Crippen molar-refractivity contribution in [2.24, 2.45) is 0 Å². The van der Waals surface area contributed by atoms with Crippen LogP contribution in [0.5, 0.6) is 0 Å². The zero-order chi connectivity index (χ0) is 44.4. The van der Waals surface area contributed by atoms with Crippen LogP contribution in [-0.2, 0) is 14.3 Å². The Morgan fingerprint density at radius 3 is 1.00 bits per heavy atom. The van der Waals surface area contributed by atoms with E-state index in [9.17, 15) is 19.8 Å². The van der Waals surface area contributed by atoms with E-state index in [1.54, 1.807) is 0 Å². The quantitative estimate of drug-likeness (QED) is 0.0418. The molecule has 0 saturated heterocycles. The molecule has 6 nitrogen and oxygen atoms in total. The van der Waals surface area contributed by atoms with Crippen molar-refractivity contribution in [3.63, 3.8) is 0 Å². The first-order valence-corrected chi connectivity index (χ1v) is 27.8. The van der Waals surface area contributed by atoms with Gasteiger partial charge in [-0.2, -0.15) is 0 Å². The van der Waals surface area contributed by atoms with E-state index in [1.165, 1.54) is 225 Å². The van der Waals surface area contributed by atoms with Gasteiger partial charge in [-0.25, -0.2) is 0 Å². The van der Waals surface area contributed by atoms with Gasteiger partial charge in [-0.05, 0) is 25.7 Å². The Morgan fingerprint density at radius 2 is 0.672 bits per heavy atom. The highest BCUT2D eigenvalue weighted by molar-refractivity contribution is 5.76. The summed E-state index contributed by atoms with van der Waals surface area (Å²) in [5.74, 6) is -0.0592. The normalized spacial score (nSPS) is 12.5. The lowest BCUT2D eigenvalue weighted by atomic mass is 10.0. The smallest absolute Gasteiger partial charge is 0.305 e. The van der Waals surface area contributed by atoms with Crippen LogP contribution < -0.4 is 5.32 Å². The van der Waals surface area contributed by atoms with Gasteiger partial charge in [-0.15, -0.1) is 0 Å². The number of carbonyl (C=O) groups excluding carboxylic acids is 2. The summed E-state index contributed by atoms with van der Waals surface area (Å²) < 4.78 is 5.48. The van der Waals surface area contributed by atoms with Gasteiger partial charge in [0.1, 0.15) is 0 Å². The summed E-state index contributed by atoms with van der Waals surface area (Å²) in [5.41, 5.74) is 0. The minimum absolute atomic E-state index is 0.00803. The van der Waals surface area contributed by atoms with E-state index in [0.29, 0.717) is 25.9 Å². The molecule has 0 bridgehead atoms. The fourth-order valence-electron chi connectivity index (χ4n) is 8.88. The first-order valence-electron chi connectivity index (χ1n) is 27.8. The van der Waals surface area contributed by atoms with E-state index < -0.39 is 12.1 Å². The lowest BCUT2D eigenvalue weighted by Gasteiger charge is -2.22. The number of ether oxygens (including phenoxy) is 1. The van der Waals surface area contributed by atoms with E-state index in [0.717, 1.165) is 57.8 Å². The highest BCUT2D eigenvalue weighted by Gasteiger charge is 2.20. The monoisotopic (exact) mass is 864 g/mol. The van der Waals surface area contributed by atoms with Crippen molar-refractivity contribution in [1.29, 1.82) is 0 Å². The zero-order valence-corrected chi connectivity index (χ0v) is 41.4. The van der Waals surface area contributed by atoms with Crippen molar-refractivity contribution >= 4 is 11.9 Å². The van der Waals surface area contributed by atoms with E-state index in [1.807, 2.05) is 0 Å². The first-order chi connectivity index (χ1) is 30.0. The Bertz CT molecular complexity index is 867. The van der Waals surface area contributed by atoms with E-state index in [4.69, 9.17) is 4.74 Å². The summed E-state index contributed by atoms with van der Waals surface area (Å²) in [6, 6.07) is -0.553. The summed E-state index contributed by atoms with van der Waals surface area (Å²) in [7, 11) is 0. The standard InChI is InChI=1S/C55H109NO5/c1-3-5-7-9-11-13-15-17-19-20-21-22-23-25-29-33-37-41-45-49-55(60)61-50-46-42-38-34-30-26-28-32-36-40-44-48-54(59)56-52(51-57)53(58)47-43-39-35-31-27-24-18-16-14-12-10-8-6-4-2/h52-53,57-58H,3-51H2,1-2H3,(H,56,59). The maximum Gasteiger partial charge on any atom is 0.305 e. The van der Waals surface area contributed by atoms with Gasteiger partial charge in [0.15, 0.2) is 0 Å². The second-order valence-corrected chi connectivity index (χ2v) is 19.3. The predicted octanol–water partition coefficient (Wildman–Crippen LogP) is 16.7. The summed E-state index contributed by atoms with van der Waals surface area (Å²) in [4.78, 5) is 24.5. The van der Waals surface area contributed by atoms with Gasteiger partial charge in [0.25, 0.3) is 0 Å². The van der Waals surface area contributed by atoms with Crippen LogP contribution in [0.25, 0.3) is 0 Å². The molecular weight excluding hydrogens is 755 g/mol. The molecule has 0 aliphatic heterocycles. The topological polar surface area (TPSA) is 95.9 Å². The summed E-state index contributed by atoms with van der Waals surface area (Å²) in [6.07, 6.45) is 57.9. The minimum Gasteiger partial charge on any atom is -0.466 e. The molecule has 0 saturated carbocycles. The average molecular weight is 864 g/mol. The third kappa shape index (κ3) is 48.2. The third-order valence-corrected chi connectivity index (χ3v) is 13.2. The van der Waals surface area contributed by atoms with Crippen molar-refractivity contribution in [3.05, 3.63) is 0 Å². The van der Waals surface area contributed by atoms with E-state index in [-0.39, 0.29) is 18.5 Å². The molecule has 6 heteroatoms. The Labute approximate surface area is 381 Å². The number of esters is 1. The number of unbranched alkanes of at least 4 members (excludes halogenated alkanes) is 41. The van der Waals surface area contributed by atoms with Crippen LogP contribution in [0.1, 0.15) is 316 Å². The lowest BCUT2D eigenvalue weighted by molar-refractivity contribution is -0.143. The van der Waals surface area contributed by atoms with Crippen molar-refractivity contribution in [2.45, 2.75) is 328 Å². The summed E-state index contributed by atoms with van der Waals surface area (Å²) in [5, 5.41) is 23.2. The highest BCUT2D eigenvalue weighted by atomic mass is 16.5. The van der Waals surface area contributed by atoms with Gasteiger partial charge < -0.3 is 20.3 Å². The number of aliphatic hydroxyl groups excluding tert-OH is 2. The molecule has 0 heterocycles. The fourth-order valence-corrected chi connectivity index (χ4v) is 8.88. The van der Waals surface area contributed by atoms with Crippen LogP contribution in [0.15, 0.2) is 0 Å². The lowest BCUT2D eigenvalue weighted by Crippen LogP contribution is -2.45. The van der Waals surface area contributed by atoms with Crippen LogP contribution in [0.2, 0.25) is 0 Å². The number of nitrogens with one attached hydrogen (secondary N) is 1. The number of rotatable bonds is 52. The van der Waals surface area contributed by atoms with Gasteiger partial charge in [0, 0.05) is 12.8 Å². The molecule has 0 fully saturated rings. The average Bonchev–Trinajstić information content (AvgIpc) is 3.26. The molecule has 0 radical (unpaired) electrons. The van der Waals surface area contributed by atoms with Crippen LogP contribution in [0.4, 0.5) is 0 Å². The molecule has 2 atom stereocenters. The molecule has 2 unspecified atom stereocenters. The summed E-state index contributed by atoms with van der Waals surface area (Å²) in [6.45, 7) is 4.94. The van der Waals surface area contributed by atoms with Gasteiger partial charge in [-0.1, -0.05) is 277 Å². The maximum atomic E-state index is 12.5. The maximum absolute atomic E-state index is 12.5. The van der Waals surface area contributed by atoms with Gasteiger partial charge in [0.2, 0.25) is 5.91 Å². The number of amides is 1. The second-order valence-electron chi connectivity index (χ2n) is 19.3. The highest BCUT2D eigenvalue weighted by Crippen LogP contribution is 2.18. The molecule has 364 valence electrons. The fraction of sp³-hybridized carbons (Fsp3) is 0.964. The minimum atomic E-state index is -0.674. The Kier molecular flexibility index (Phi) is 50.5. The first kappa shape index (κ1) is 59.9.